The predicted octanol–water partition coefficient (Wildman–Crippen LogP) is 10.2. The average Bonchev–Trinajstić information content (AvgIpc) is 3.59. The molecule has 3 unspecified atom stereocenters. The second kappa shape index (κ2) is 15.3. The molecule has 0 aromatic heterocycles. The van der Waals surface area contributed by atoms with Crippen LogP contribution in [0.5, 0.6) is 11.5 Å². The molecule has 10 fully saturated rings. The molecule has 17 atom stereocenters. The van der Waals surface area contributed by atoms with E-state index in [0.29, 0.717) is 36.2 Å². The summed E-state index contributed by atoms with van der Waals surface area (Å²) in [6.45, 7) is 13.2. The Labute approximate surface area is 349 Å². The van der Waals surface area contributed by atoms with Gasteiger partial charge >= 0.3 is 7.82 Å². The van der Waals surface area contributed by atoms with Crippen LogP contribution in [0.3, 0.4) is 0 Å². The van der Waals surface area contributed by atoms with Crippen LogP contribution in [-0.4, -0.2) is 54.2 Å². The summed E-state index contributed by atoms with van der Waals surface area (Å²) in [5, 5.41) is 0. The zero-order valence-electron chi connectivity index (χ0n) is 35.4. The van der Waals surface area contributed by atoms with Gasteiger partial charge in [-0.1, -0.05) is 64.1 Å². The summed E-state index contributed by atoms with van der Waals surface area (Å²) in [6.07, 6.45) is 7.31. The molecule has 0 radical (unpaired) electrons. The fourth-order valence-electron chi connectivity index (χ4n) is 12.9. The van der Waals surface area contributed by atoms with Crippen molar-refractivity contribution in [3.63, 3.8) is 0 Å². The third-order valence-electron chi connectivity index (χ3n) is 16.1. The standard InChI is InChI=1S/C46H63O12P/c1-28-17-19-37-30(3)39(49-41-45(37)35(28)21-23-43(5,51-41)55-57-45)25-32(27-48-59(47,53-33-13-9-7-10-14-33)54-34-15-11-8-12-16-34)26-40-31(4)38-20-18-29(2)36-22-24-44(6)52-42(50-40)46(36,38)58-56-44/h7-16,28-32,35-42H,17-27H2,1-6H3/t28-,29+,30-,31+,32?,35+,36-,37+,38-,39?,40?,41+,42-,43-,44+,45-,46+. The lowest BCUT2D eigenvalue weighted by molar-refractivity contribution is -0.571. The normalized spacial score (nSPS) is 46.6. The maximum absolute atomic E-state index is 14.8. The molecule has 0 amide bonds. The minimum absolute atomic E-state index is 0.0761. The SMILES string of the molecule is C[C@@H]1CC[C@H]2[C@@H](C)C(CC(COP(=O)(Oc3ccccc3)Oc3ccccc3)CC3O[C@@H]4O[C@]5(C)CC[C@@H]6[C@@H](C)CC[C@H]([C@@H]3C)[C@]46OO5)O[C@H]3O[C@@]4(C)CC[C@@H]1[C@]32OO4. The van der Waals surface area contributed by atoms with Gasteiger partial charge in [-0.05, 0) is 131 Å². The molecule has 2 aromatic rings. The Hall–Kier alpha value is -2.09. The Morgan fingerprint density at radius 1 is 0.610 bits per heavy atom. The van der Waals surface area contributed by atoms with Crippen LogP contribution in [0.25, 0.3) is 0 Å². The van der Waals surface area contributed by atoms with E-state index in [4.69, 9.17) is 52.1 Å². The molecular formula is C46H63O12P. The van der Waals surface area contributed by atoms with E-state index >= 15 is 0 Å². The van der Waals surface area contributed by atoms with Gasteiger partial charge in [0.2, 0.25) is 11.6 Å². The number of phosphoric acid groups is 1. The van der Waals surface area contributed by atoms with Gasteiger partial charge in [-0.25, -0.2) is 24.1 Å². The van der Waals surface area contributed by atoms with Gasteiger partial charge in [0.25, 0.3) is 0 Å². The van der Waals surface area contributed by atoms with Crippen LogP contribution in [0.15, 0.2) is 60.7 Å². The first kappa shape index (κ1) is 41.0. The molecule has 10 aliphatic rings. The van der Waals surface area contributed by atoms with Gasteiger partial charge in [0.15, 0.2) is 23.8 Å². The molecule has 2 saturated carbocycles. The van der Waals surface area contributed by atoms with Gasteiger partial charge in [-0.2, -0.15) is 0 Å². The van der Waals surface area contributed by atoms with Crippen molar-refractivity contribution >= 4 is 7.82 Å². The van der Waals surface area contributed by atoms with Crippen LogP contribution in [-0.2, 0) is 47.6 Å². The molecule has 59 heavy (non-hydrogen) atoms. The van der Waals surface area contributed by atoms with Crippen molar-refractivity contribution in [3.05, 3.63) is 60.7 Å². The quantitative estimate of drug-likeness (QED) is 0.158. The first-order valence-electron chi connectivity index (χ1n) is 22.5. The van der Waals surface area contributed by atoms with Crippen LogP contribution in [0.1, 0.15) is 106 Å². The largest absolute Gasteiger partial charge is 0.587 e. The molecule has 13 heteroatoms. The maximum Gasteiger partial charge on any atom is 0.587 e. The van der Waals surface area contributed by atoms with Crippen LogP contribution in [0.4, 0.5) is 0 Å². The van der Waals surface area contributed by atoms with Gasteiger partial charge < -0.3 is 28.0 Å². The summed E-state index contributed by atoms with van der Waals surface area (Å²) in [6, 6.07) is 18.1. The highest BCUT2D eigenvalue weighted by Gasteiger charge is 2.71. The van der Waals surface area contributed by atoms with Crippen molar-refractivity contribution < 1.29 is 56.6 Å². The Kier molecular flexibility index (Phi) is 10.6. The molecule has 8 aliphatic heterocycles. The van der Waals surface area contributed by atoms with Crippen molar-refractivity contribution in [1.82, 2.24) is 0 Å². The van der Waals surface area contributed by atoms with Crippen LogP contribution in [0, 0.1) is 53.3 Å². The lowest BCUT2D eigenvalue weighted by Gasteiger charge is -2.61. The Morgan fingerprint density at radius 2 is 1.05 bits per heavy atom. The Balaban J connectivity index is 0.963. The molecular weight excluding hydrogens is 775 g/mol. The van der Waals surface area contributed by atoms with Gasteiger partial charge in [-0.3, -0.25) is 4.52 Å². The van der Waals surface area contributed by atoms with E-state index < -0.39 is 43.2 Å². The monoisotopic (exact) mass is 838 g/mol. The maximum atomic E-state index is 14.8. The van der Waals surface area contributed by atoms with Crippen molar-refractivity contribution in [1.29, 1.82) is 0 Å². The van der Waals surface area contributed by atoms with E-state index in [9.17, 15) is 4.57 Å². The lowest BCUT2D eigenvalue weighted by atomic mass is 9.56. The van der Waals surface area contributed by atoms with E-state index in [-0.39, 0.29) is 60.2 Å². The minimum atomic E-state index is -4.20. The van der Waals surface area contributed by atoms with Crippen molar-refractivity contribution in [2.45, 2.75) is 153 Å². The second-order valence-electron chi connectivity index (χ2n) is 19.8. The zero-order valence-corrected chi connectivity index (χ0v) is 36.3. The molecule has 4 bridgehead atoms. The third kappa shape index (κ3) is 7.04. The van der Waals surface area contributed by atoms with Crippen molar-refractivity contribution in [2.75, 3.05) is 6.61 Å². The summed E-state index contributed by atoms with van der Waals surface area (Å²) in [5.74, 6) is 0.880. The number of hydrogen-bond acceptors (Lipinski definition) is 12. The molecule has 324 valence electrons. The number of hydrogen-bond donors (Lipinski definition) is 0. The lowest BCUT2D eigenvalue weighted by Crippen LogP contribution is -2.70. The third-order valence-corrected chi connectivity index (χ3v) is 17.4. The highest BCUT2D eigenvalue weighted by molar-refractivity contribution is 7.49. The van der Waals surface area contributed by atoms with Gasteiger partial charge in [0.1, 0.15) is 11.5 Å². The number of phosphoric ester groups is 1. The smallest absolute Gasteiger partial charge is 0.395 e. The predicted molar refractivity (Wildman–Crippen MR) is 214 cm³/mol. The van der Waals surface area contributed by atoms with Crippen molar-refractivity contribution in [2.24, 2.45) is 53.3 Å². The van der Waals surface area contributed by atoms with Crippen LogP contribution < -0.4 is 9.05 Å². The number of benzene rings is 2. The first-order chi connectivity index (χ1) is 28.3. The molecule has 8 saturated heterocycles. The molecule has 2 spiro atoms. The molecule has 8 heterocycles. The summed E-state index contributed by atoms with van der Waals surface area (Å²) in [5.41, 5.74) is -1.34. The van der Waals surface area contributed by atoms with Gasteiger partial charge in [0.05, 0.1) is 18.8 Å². The highest BCUT2D eigenvalue weighted by Crippen LogP contribution is 2.63. The molecule has 12 nitrogen and oxygen atoms in total. The van der Waals surface area contributed by atoms with E-state index in [1.165, 1.54) is 0 Å². The van der Waals surface area contributed by atoms with Crippen molar-refractivity contribution in [3.8, 4) is 11.5 Å². The zero-order chi connectivity index (χ0) is 40.8. The summed E-state index contributed by atoms with van der Waals surface area (Å²) in [7, 11) is -4.20. The minimum Gasteiger partial charge on any atom is -0.395 e. The number of rotatable bonds is 11. The van der Waals surface area contributed by atoms with E-state index in [1.54, 1.807) is 24.3 Å². The number of ether oxygens (including phenoxy) is 4. The van der Waals surface area contributed by atoms with Gasteiger partial charge in [-0.15, -0.1) is 0 Å². The Morgan fingerprint density at radius 3 is 1.49 bits per heavy atom. The number of para-hydroxylation sites is 2. The second-order valence-corrected chi connectivity index (χ2v) is 21.3. The molecule has 12 rings (SSSR count). The molecule has 0 N–H and O–H groups in total. The van der Waals surface area contributed by atoms with E-state index in [0.717, 1.165) is 51.4 Å². The highest BCUT2D eigenvalue weighted by atomic mass is 31.2. The topological polar surface area (TPSA) is 119 Å². The Bertz CT molecular complexity index is 1730. The molecule has 2 aliphatic carbocycles. The van der Waals surface area contributed by atoms with Gasteiger partial charge in [0, 0.05) is 24.7 Å². The first-order valence-corrected chi connectivity index (χ1v) is 23.9. The summed E-state index contributed by atoms with van der Waals surface area (Å²) >= 11 is 0. The summed E-state index contributed by atoms with van der Waals surface area (Å²) in [4.78, 5) is 25.2. The molecule has 2 aromatic carbocycles. The average molecular weight is 839 g/mol. The fourth-order valence-corrected chi connectivity index (χ4v) is 14.2. The van der Waals surface area contributed by atoms with E-state index in [2.05, 4.69) is 27.7 Å². The summed E-state index contributed by atoms with van der Waals surface area (Å²) < 4.78 is 61.3. The fraction of sp³-hybridized carbons (Fsp3) is 0.739. The van der Waals surface area contributed by atoms with Crippen LogP contribution in [0.2, 0.25) is 0 Å². The van der Waals surface area contributed by atoms with E-state index in [1.807, 2.05) is 50.2 Å². The number of fused-ring (bicyclic) bond motifs is 4. The van der Waals surface area contributed by atoms with Crippen LogP contribution >= 0.6 is 7.82 Å².